The van der Waals surface area contributed by atoms with Crippen LogP contribution in [0.4, 0.5) is 0 Å². The van der Waals surface area contributed by atoms with E-state index in [-0.39, 0.29) is 6.17 Å². The van der Waals surface area contributed by atoms with Crippen molar-refractivity contribution in [1.82, 2.24) is 0 Å². The topological polar surface area (TPSA) is 115 Å². The minimum Gasteiger partial charge on any atom is -0.480 e. The lowest BCUT2D eigenvalue weighted by molar-refractivity contribution is -0.138. The number of hydrogen-bond donors (Lipinski definition) is 4. The summed E-state index contributed by atoms with van der Waals surface area (Å²) in [6.07, 6.45) is 2.50. The highest BCUT2D eigenvalue weighted by molar-refractivity contribution is 5.72. The highest BCUT2D eigenvalue weighted by Gasteiger charge is 2.09. The van der Waals surface area contributed by atoms with E-state index in [2.05, 4.69) is 0 Å². The van der Waals surface area contributed by atoms with Crippen LogP contribution in [0.3, 0.4) is 0 Å². The van der Waals surface area contributed by atoms with Gasteiger partial charge in [0, 0.05) is 0 Å². The minimum atomic E-state index is -0.952. The van der Waals surface area contributed by atoms with Crippen LogP contribution in [0.2, 0.25) is 0 Å². The average molecular weight is 175 g/mol. The zero-order valence-electron chi connectivity index (χ0n) is 7.07. The summed E-state index contributed by atoms with van der Waals surface area (Å²) in [4.78, 5) is 10.3. The zero-order valence-corrected chi connectivity index (χ0v) is 7.07. The Hall–Kier alpha value is -0.650. The summed E-state index contributed by atoms with van der Waals surface area (Å²) in [6, 6.07) is -0.751. The van der Waals surface area contributed by atoms with Gasteiger partial charge in [-0.05, 0) is 12.8 Å². The smallest absolute Gasteiger partial charge is 0.320 e. The number of unbranched alkanes of at least 4 members (excludes halogenated alkanes) is 1. The molecule has 0 heterocycles. The molecule has 0 aromatic heterocycles. The second-order valence-electron chi connectivity index (χ2n) is 2.89. The molecule has 0 unspecified atom stereocenters. The highest BCUT2D eigenvalue weighted by Crippen LogP contribution is 2.02. The molecule has 0 saturated carbocycles. The van der Waals surface area contributed by atoms with Crippen LogP contribution in [0, 0.1) is 0 Å². The second-order valence-corrected chi connectivity index (χ2v) is 2.89. The van der Waals surface area contributed by atoms with Gasteiger partial charge in [-0.15, -0.1) is 0 Å². The van der Waals surface area contributed by atoms with Crippen molar-refractivity contribution in [2.45, 2.75) is 37.9 Å². The van der Waals surface area contributed by atoms with Gasteiger partial charge in [0.2, 0.25) is 0 Å². The fourth-order valence-corrected chi connectivity index (χ4v) is 0.868. The summed E-state index contributed by atoms with van der Waals surface area (Å²) >= 11 is 0. The first-order valence-electron chi connectivity index (χ1n) is 4.03. The Kier molecular flexibility index (Phi) is 5.61. The minimum absolute atomic E-state index is 0.300. The third-order valence-electron chi connectivity index (χ3n) is 1.62. The van der Waals surface area contributed by atoms with Crippen LogP contribution in [-0.2, 0) is 4.79 Å². The van der Waals surface area contributed by atoms with E-state index in [1.54, 1.807) is 0 Å². The van der Waals surface area contributed by atoms with E-state index in [0.717, 1.165) is 12.8 Å². The molecule has 5 nitrogen and oxygen atoms in total. The third-order valence-corrected chi connectivity index (χ3v) is 1.62. The van der Waals surface area contributed by atoms with Crippen molar-refractivity contribution in [2.24, 2.45) is 17.2 Å². The number of carbonyl (C=O) groups is 1. The van der Waals surface area contributed by atoms with Crippen molar-refractivity contribution in [3.05, 3.63) is 0 Å². The maximum atomic E-state index is 10.3. The largest absolute Gasteiger partial charge is 0.480 e. The van der Waals surface area contributed by atoms with Crippen LogP contribution in [0.15, 0.2) is 0 Å². The van der Waals surface area contributed by atoms with Crippen molar-refractivity contribution in [2.75, 3.05) is 0 Å². The summed E-state index contributed by atoms with van der Waals surface area (Å²) in [5, 5.41) is 8.42. The van der Waals surface area contributed by atoms with E-state index < -0.39 is 12.0 Å². The lowest BCUT2D eigenvalue weighted by Crippen LogP contribution is -2.31. The Labute approximate surface area is 71.9 Å². The quantitative estimate of drug-likeness (QED) is 0.311. The molecular weight excluding hydrogens is 158 g/mol. The van der Waals surface area contributed by atoms with Crippen LogP contribution >= 0.6 is 0 Å². The summed E-state index contributed by atoms with van der Waals surface area (Å²) < 4.78 is 0. The molecule has 0 aliphatic rings. The first-order valence-corrected chi connectivity index (χ1v) is 4.03. The standard InChI is InChI=1S/C7H17N3O2/c8-5(7(11)12)3-1-2-4-6(9)10/h5-6H,1-4,8-10H2,(H,11,12)/t5-/m0/s1. The average Bonchev–Trinajstić information content (AvgIpc) is 1.97. The normalized spacial score (nSPS) is 13.3. The molecular formula is C7H17N3O2. The molecule has 0 aromatic carbocycles. The van der Waals surface area contributed by atoms with Crippen molar-refractivity contribution < 1.29 is 9.90 Å². The van der Waals surface area contributed by atoms with E-state index >= 15 is 0 Å². The maximum absolute atomic E-state index is 10.3. The van der Waals surface area contributed by atoms with Gasteiger partial charge < -0.3 is 22.3 Å². The summed E-state index contributed by atoms with van der Waals surface area (Å²) in [6.45, 7) is 0. The number of carboxylic acid groups (broad SMARTS) is 1. The predicted octanol–water partition coefficient (Wildman–Crippen LogP) is -0.798. The van der Waals surface area contributed by atoms with Crippen LogP contribution in [0.25, 0.3) is 0 Å². The molecule has 0 aromatic rings. The molecule has 0 spiro atoms. The lowest BCUT2D eigenvalue weighted by Gasteiger charge is -2.07. The molecule has 0 radical (unpaired) electrons. The summed E-state index contributed by atoms with van der Waals surface area (Å²) in [5.41, 5.74) is 15.9. The summed E-state index contributed by atoms with van der Waals surface area (Å²) in [7, 11) is 0. The summed E-state index contributed by atoms with van der Waals surface area (Å²) in [5.74, 6) is -0.952. The van der Waals surface area contributed by atoms with E-state index in [0.29, 0.717) is 12.8 Å². The molecule has 12 heavy (non-hydrogen) atoms. The predicted molar refractivity (Wildman–Crippen MR) is 46.2 cm³/mol. The molecule has 0 aliphatic heterocycles. The Morgan fingerprint density at radius 2 is 1.67 bits per heavy atom. The number of nitrogens with two attached hydrogens (primary N) is 3. The molecule has 72 valence electrons. The molecule has 1 atom stereocenters. The molecule has 0 bridgehead atoms. The van der Waals surface area contributed by atoms with Crippen molar-refractivity contribution in [3.63, 3.8) is 0 Å². The van der Waals surface area contributed by atoms with E-state index in [1.807, 2.05) is 0 Å². The molecule has 0 saturated heterocycles. The fourth-order valence-electron chi connectivity index (χ4n) is 0.868. The SMILES string of the molecule is NC(N)CCCC[C@H](N)C(=O)O. The van der Waals surface area contributed by atoms with Gasteiger partial charge >= 0.3 is 5.97 Å². The van der Waals surface area contributed by atoms with E-state index in [4.69, 9.17) is 22.3 Å². The first kappa shape index (κ1) is 11.4. The Bertz CT molecular complexity index is 139. The van der Waals surface area contributed by atoms with Crippen LogP contribution in [0.1, 0.15) is 25.7 Å². The van der Waals surface area contributed by atoms with Crippen molar-refractivity contribution in [1.29, 1.82) is 0 Å². The van der Waals surface area contributed by atoms with Crippen molar-refractivity contribution in [3.8, 4) is 0 Å². The Morgan fingerprint density at radius 1 is 1.17 bits per heavy atom. The number of hydrogen-bond acceptors (Lipinski definition) is 4. The fraction of sp³-hybridized carbons (Fsp3) is 0.857. The van der Waals surface area contributed by atoms with Gasteiger partial charge in [0.15, 0.2) is 0 Å². The Balaban J connectivity index is 3.25. The molecule has 7 N–H and O–H groups in total. The third kappa shape index (κ3) is 6.09. The van der Waals surface area contributed by atoms with Gasteiger partial charge in [0.05, 0.1) is 6.17 Å². The molecule has 5 heteroatoms. The van der Waals surface area contributed by atoms with E-state index in [1.165, 1.54) is 0 Å². The van der Waals surface area contributed by atoms with Crippen LogP contribution < -0.4 is 17.2 Å². The first-order chi connectivity index (χ1) is 5.54. The van der Waals surface area contributed by atoms with Gasteiger partial charge in [-0.3, -0.25) is 4.79 Å². The molecule has 0 rings (SSSR count). The van der Waals surface area contributed by atoms with E-state index in [9.17, 15) is 4.79 Å². The maximum Gasteiger partial charge on any atom is 0.320 e. The number of carboxylic acids is 1. The van der Waals surface area contributed by atoms with Gasteiger partial charge in [-0.2, -0.15) is 0 Å². The van der Waals surface area contributed by atoms with Gasteiger partial charge in [0.1, 0.15) is 6.04 Å². The zero-order chi connectivity index (χ0) is 9.56. The second kappa shape index (κ2) is 5.93. The van der Waals surface area contributed by atoms with Crippen LogP contribution in [-0.4, -0.2) is 23.3 Å². The number of aliphatic carboxylic acids is 1. The molecule has 0 aliphatic carbocycles. The number of rotatable bonds is 6. The monoisotopic (exact) mass is 175 g/mol. The lowest BCUT2D eigenvalue weighted by atomic mass is 10.1. The van der Waals surface area contributed by atoms with Crippen molar-refractivity contribution >= 4 is 5.97 Å². The Morgan fingerprint density at radius 3 is 2.08 bits per heavy atom. The highest BCUT2D eigenvalue weighted by atomic mass is 16.4. The van der Waals surface area contributed by atoms with Crippen LogP contribution in [0.5, 0.6) is 0 Å². The van der Waals surface area contributed by atoms with Gasteiger partial charge in [-0.1, -0.05) is 12.8 Å². The van der Waals surface area contributed by atoms with Gasteiger partial charge in [-0.25, -0.2) is 0 Å². The molecule has 0 amide bonds. The van der Waals surface area contributed by atoms with Gasteiger partial charge in [0.25, 0.3) is 0 Å². The molecule has 0 fully saturated rings.